The maximum Gasteiger partial charge on any atom is 0.316 e. The monoisotopic (exact) mass is 370 g/mol. The van der Waals surface area contributed by atoms with E-state index in [2.05, 4.69) is 5.32 Å². The number of nitrogens with zero attached hydrogens (tertiary/aromatic N) is 3. The summed E-state index contributed by atoms with van der Waals surface area (Å²) in [6.45, 7) is 0. The number of nitrogens with one attached hydrogen (secondary N) is 1. The smallest absolute Gasteiger partial charge is 0.316 e. The zero-order valence-electron chi connectivity index (χ0n) is 15.4. The van der Waals surface area contributed by atoms with Gasteiger partial charge in [0, 0.05) is 33.8 Å². The molecule has 1 aromatic heterocycles. The topological polar surface area (TPSA) is 76.3 Å². The Kier molecular flexibility index (Phi) is 4.57. The number of halogens is 1. The molecule has 3 aromatic rings. The minimum absolute atomic E-state index is 0.175. The van der Waals surface area contributed by atoms with Gasteiger partial charge in [0.25, 0.3) is 5.91 Å². The Balaban J connectivity index is 2.20. The highest BCUT2D eigenvalue weighted by atomic mass is 19.1. The summed E-state index contributed by atoms with van der Waals surface area (Å²) in [6, 6.07) is 8.71. The molecule has 8 heteroatoms. The number of hydrogen-bond acceptors (Lipinski definition) is 4. The Morgan fingerprint density at radius 3 is 2.15 bits per heavy atom. The van der Waals surface area contributed by atoms with E-state index in [9.17, 15) is 18.8 Å². The molecule has 0 unspecified atom stereocenters. The van der Waals surface area contributed by atoms with Gasteiger partial charge < -0.3 is 19.4 Å². The minimum atomic E-state index is -0.662. The van der Waals surface area contributed by atoms with Crippen LogP contribution in [0.25, 0.3) is 11.0 Å². The maximum absolute atomic E-state index is 13.4. The molecule has 0 spiro atoms. The molecule has 27 heavy (non-hydrogen) atoms. The molecule has 7 nitrogen and oxygen atoms in total. The van der Waals surface area contributed by atoms with Gasteiger partial charge in [0.15, 0.2) is 0 Å². The summed E-state index contributed by atoms with van der Waals surface area (Å²) in [4.78, 5) is 38.5. The lowest BCUT2D eigenvalue weighted by molar-refractivity contribution is 0.102. The van der Waals surface area contributed by atoms with E-state index in [4.69, 9.17) is 0 Å². The summed E-state index contributed by atoms with van der Waals surface area (Å²) in [5, 5.41) is 2.76. The molecule has 2 aromatic carbocycles. The number of benzene rings is 2. The first-order valence-corrected chi connectivity index (χ1v) is 8.18. The molecule has 0 atom stereocenters. The number of rotatable bonds is 3. The van der Waals surface area contributed by atoms with Crippen LogP contribution in [0, 0.1) is 5.82 Å². The number of fused-ring (bicyclic) bond motifs is 1. The van der Waals surface area contributed by atoms with Gasteiger partial charge in [-0.1, -0.05) is 6.07 Å². The lowest BCUT2D eigenvalue weighted by atomic mass is 10.1. The average molecular weight is 370 g/mol. The number of carbonyl (C=O) groups excluding carboxylic acids is 1. The van der Waals surface area contributed by atoms with Crippen LogP contribution in [0.3, 0.4) is 0 Å². The van der Waals surface area contributed by atoms with Gasteiger partial charge in [0.1, 0.15) is 5.82 Å². The first-order valence-electron chi connectivity index (χ1n) is 8.18. The molecule has 1 amide bonds. The largest absolute Gasteiger partial charge is 0.376 e. The summed E-state index contributed by atoms with van der Waals surface area (Å²) in [5.41, 5.74) is 0.999. The lowest BCUT2D eigenvalue weighted by Crippen LogP contribution is -2.39. The second-order valence-electron chi connectivity index (χ2n) is 6.45. The van der Waals surface area contributed by atoms with Crippen LogP contribution in [0.4, 0.5) is 15.8 Å². The molecule has 0 aliphatic rings. The van der Waals surface area contributed by atoms with Crippen molar-refractivity contribution in [3.63, 3.8) is 0 Å². The van der Waals surface area contributed by atoms with E-state index in [1.165, 1.54) is 41.4 Å². The van der Waals surface area contributed by atoms with Crippen LogP contribution in [0.15, 0.2) is 46.0 Å². The number of amides is 1. The molecular weight excluding hydrogens is 351 g/mol. The predicted octanol–water partition coefficient (Wildman–Crippen LogP) is 1.69. The summed E-state index contributed by atoms with van der Waals surface area (Å²) in [6.07, 6.45) is 0. The second kappa shape index (κ2) is 6.71. The summed E-state index contributed by atoms with van der Waals surface area (Å²) in [5.74, 6) is -0.988. The first kappa shape index (κ1) is 18.4. The van der Waals surface area contributed by atoms with E-state index in [0.717, 1.165) is 6.07 Å². The Morgan fingerprint density at radius 2 is 1.59 bits per heavy atom. The normalized spacial score (nSPS) is 10.9. The molecule has 0 saturated heterocycles. The van der Waals surface area contributed by atoms with E-state index >= 15 is 0 Å². The maximum atomic E-state index is 13.4. The van der Waals surface area contributed by atoms with Crippen molar-refractivity contribution in [2.75, 3.05) is 24.3 Å². The Hall–Kier alpha value is -3.42. The third-order valence-electron chi connectivity index (χ3n) is 4.42. The molecule has 0 aliphatic heterocycles. The van der Waals surface area contributed by atoms with Gasteiger partial charge in [0.05, 0.1) is 22.4 Å². The van der Waals surface area contributed by atoms with Crippen molar-refractivity contribution in [3.8, 4) is 0 Å². The molecule has 0 saturated carbocycles. The zero-order chi connectivity index (χ0) is 19.9. The van der Waals surface area contributed by atoms with Gasteiger partial charge >= 0.3 is 11.1 Å². The van der Waals surface area contributed by atoms with Crippen LogP contribution in [0.1, 0.15) is 10.4 Å². The van der Waals surface area contributed by atoms with Crippen LogP contribution in [0.5, 0.6) is 0 Å². The highest BCUT2D eigenvalue weighted by Crippen LogP contribution is 2.29. The standard InChI is InChI=1S/C19H19FN4O3/c1-22(2)14-10-16-15(23(3)18(26)19(27)24(16)4)9-13(14)21-17(25)11-6-5-7-12(20)8-11/h5-10H,1-4H3,(H,21,25). The van der Waals surface area contributed by atoms with Crippen LogP contribution < -0.4 is 21.3 Å². The number of aromatic nitrogens is 2. The van der Waals surface area contributed by atoms with Gasteiger partial charge in [0.2, 0.25) is 0 Å². The lowest BCUT2D eigenvalue weighted by Gasteiger charge is -2.20. The molecule has 1 heterocycles. The quantitative estimate of drug-likeness (QED) is 0.712. The van der Waals surface area contributed by atoms with Gasteiger partial charge in [-0.3, -0.25) is 14.4 Å². The van der Waals surface area contributed by atoms with E-state index in [1.54, 1.807) is 31.1 Å². The molecule has 1 N–H and O–H groups in total. The van der Waals surface area contributed by atoms with E-state index in [1.807, 2.05) is 0 Å². The summed E-state index contributed by atoms with van der Waals surface area (Å²) < 4.78 is 15.9. The molecule has 0 fully saturated rings. The van der Waals surface area contributed by atoms with Crippen molar-refractivity contribution in [3.05, 3.63) is 68.5 Å². The highest BCUT2D eigenvalue weighted by molar-refractivity contribution is 6.07. The summed E-state index contributed by atoms with van der Waals surface area (Å²) in [7, 11) is 6.61. The van der Waals surface area contributed by atoms with Gasteiger partial charge in [-0.15, -0.1) is 0 Å². The molecule has 3 rings (SSSR count). The fraction of sp³-hybridized carbons (Fsp3) is 0.211. The number of hydrogen-bond donors (Lipinski definition) is 1. The van der Waals surface area contributed by atoms with E-state index in [-0.39, 0.29) is 5.56 Å². The van der Waals surface area contributed by atoms with E-state index in [0.29, 0.717) is 22.4 Å². The SMILES string of the molecule is CN(C)c1cc2c(cc1NC(=O)c1cccc(F)c1)n(C)c(=O)c(=O)n2C. The Bertz CT molecular complexity index is 1180. The van der Waals surface area contributed by atoms with Crippen molar-refractivity contribution in [1.29, 1.82) is 0 Å². The molecular formula is C19H19FN4O3. The van der Waals surface area contributed by atoms with Crippen LogP contribution in [-0.4, -0.2) is 29.1 Å². The molecule has 140 valence electrons. The van der Waals surface area contributed by atoms with Crippen molar-refractivity contribution in [2.24, 2.45) is 14.1 Å². The van der Waals surface area contributed by atoms with Crippen molar-refractivity contribution >= 4 is 28.3 Å². The fourth-order valence-corrected chi connectivity index (χ4v) is 2.90. The number of aryl methyl sites for hydroxylation is 2. The third-order valence-corrected chi connectivity index (χ3v) is 4.42. The first-order chi connectivity index (χ1) is 12.7. The highest BCUT2D eigenvalue weighted by Gasteiger charge is 2.16. The summed E-state index contributed by atoms with van der Waals surface area (Å²) >= 11 is 0. The van der Waals surface area contributed by atoms with Gasteiger partial charge in [-0.25, -0.2) is 4.39 Å². The molecule has 0 radical (unpaired) electrons. The van der Waals surface area contributed by atoms with Crippen LogP contribution in [-0.2, 0) is 14.1 Å². The van der Waals surface area contributed by atoms with Crippen LogP contribution >= 0.6 is 0 Å². The predicted molar refractivity (Wildman–Crippen MR) is 103 cm³/mol. The van der Waals surface area contributed by atoms with Crippen molar-refractivity contribution in [1.82, 2.24) is 9.13 Å². The third kappa shape index (κ3) is 3.21. The molecule has 0 aliphatic carbocycles. The van der Waals surface area contributed by atoms with Crippen molar-refractivity contribution < 1.29 is 9.18 Å². The Morgan fingerprint density at radius 1 is 1.00 bits per heavy atom. The number of carbonyl (C=O) groups is 1. The average Bonchev–Trinajstić information content (AvgIpc) is 2.64. The minimum Gasteiger partial charge on any atom is -0.376 e. The van der Waals surface area contributed by atoms with Gasteiger partial charge in [-0.05, 0) is 30.3 Å². The van der Waals surface area contributed by atoms with Crippen LogP contribution in [0.2, 0.25) is 0 Å². The second-order valence-corrected chi connectivity index (χ2v) is 6.45. The zero-order valence-corrected chi connectivity index (χ0v) is 15.4. The van der Waals surface area contributed by atoms with E-state index < -0.39 is 22.8 Å². The molecule has 0 bridgehead atoms. The van der Waals surface area contributed by atoms with Gasteiger partial charge in [-0.2, -0.15) is 0 Å². The number of anilines is 2. The Labute approximate surface area is 154 Å². The van der Waals surface area contributed by atoms with Crippen molar-refractivity contribution in [2.45, 2.75) is 0 Å². The fourth-order valence-electron chi connectivity index (χ4n) is 2.90.